The molecule has 0 saturated heterocycles. The van der Waals surface area contributed by atoms with Crippen LogP contribution in [0.2, 0.25) is 0 Å². The van der Waals surface area contributed by atoms with E-state index in [0.29, 0.717) is 12.9 Å². The molecule has 1 rings (SSSR count). The molecular weight excluding hydrogens is 276 g/mol. The molecule has 0 spiro atoms. The summed E-state index contributed by atoms with van der Waals surface area (Å²) in [4.78, 5) is 32.0. The van der Waals surface area contributed by atoms with Crippen molar-refractivity contribution in [3.8, 4) is 0 Å². The van der Waals surface area contributed by atoms with Gasteiger partial charge >= 0.3 is 11.9 Å². The van der Waals surface area contributed by atoms with Gasteiger partial charge in [0.1, 0.15) is 13.2 Å². The van der Waals surface area contributed by atoms with Crippen molar-refractivity contribution < 1.29 is 28.6 Å². The van der Waals surface area contributed by atoms with Gasteiger partial charge in [0.05, 0.1) is 6.61 Å². The number of carbonyl (C=O) groups is 3. The van der Waals surface area contributed by atoms with Crippen LogP contribution in [0.15, 0.2) is 24.3 Å². The monoisotopic (exact) mass is 294 g/mol. The van der Waals surface area contributed by atoms with Crippen molar-refractivity contribution in [3.63, 3.8) is 0 Å². The Balaban J connectivity index is 2.23. The predicted molar refractivity (Wildman–Crippen MR) is 73.0 cm³/mol. The summed E-state index contributed by atoms with van der Waals surface area (Å²) in [6.07, 6.45) is 0.652. The maximum absolute atomic E-state index is 11.4. The summed E-state index contributed by atoms with van der Waals surface area (Å²) in [5, 5.41) is 0. The molecule has 0 amide bonds. The van der Waals surface area contributed by atoms with Crippen LogP contribution in [0.4, 0.5) is 0 Å². The van der Waals surface area contributed by atoms with Crippen molar-refractivity contribution in [2.45, 2.75) is 33.0 Å². The van der Waals surface area contributed by atoms with Crippen LogP contribution in [-0.2, 0) is 41.8 Å². The van der Waals surface area contributed by atoms with Crippen LogP contribution in [0, 0.1) is 0 Å². The number of esters is 2. The molecule has 0 heterocycles. The topological polar surface area (TPSA) is 78.9 Å². The first-order chi connectivity index (χ1) is 10.1. The molecule has 0 aromatic heterocycles. The smallest absolute Gasteiger partial charge is 0.306 e. The highest BCUT2D eigenvalue weighted by Crippen LogP contribution is 2.07. The Kier molecular flexibility index (Phi) is 7.56. The summed E-state index contributed by atoms with van der Waals surface area (Å²) in [5.41, 5.74) is 1.71. The van der Waals surface area contributed by atoms with Gasteiger partial charge < -0.3 is 14.2 Å². The fourth-order valence-electron chi connectivity index (χ4n) is 1.53. The van der Waals surface area contributed by atoms with Gasteiger partial charge in [0.15, 0.2) is 0 Å². The summed E-state index contributed by atoms with van der Waals surface area (Å²) in [6.45, 7) is 2.34. The largest absolute Gasteiger partial charge is 0.466 e. The van der Waals surface area contributed by atoms with Crippen LogP contribution in [0.5, 0.6) is 0 Å². The number of carbonyl (C=O) groups excluding carboxylic acids is 3. The fraction of sp³-hybridized carbons (Fsp3) is 0.400. The molecule has 0 bridgehead atoms. The summed E-state index contributed by atoms with van der Waals surface area (Å²) >= 11 is 0. The van der Waals surface area contributed by atoms with Crippen LogP contribution in [-0.4, -0.2) is 25.0 Å². The van der Waals surface area contributed by atoms with Crippen molar-refractivity contribution in [1.82, 2.24) is 0 Å². The normalized spacial score (nSPS) is 9.76. The third-order valence-corrected chi connectivity index (χ3v) is 2.57. The second kappa shape index (κ2) is 9.52. The molecule has 0 aliphatic carbocycles. The minimum Gasteiger partial charge on any atom is -0.466 e. The predicted octanol–water partition coefficient (Wildman–Crippen LogP) is 1.75. The zero-order valence-electron chi connectivity index (χ0n) is 11.9. The highest BCUT2D eigenvalue weighted by atomic mass is 16.5. The molecule has 21 heavy (non-hydrogen) atoms. The molecule has 0 aliphatic heterocycles. The number of hydrogen-bond acceptors (Lipinski definition) is 6. The van der Waals surface area contributed by atoms with Gasteiger partial charge in [-0.25, -0.2) is 0 Å². The van der Waals surface area contributed by atoms with Crippen LogP contribution < -0.4 is 0 Å². The van der Waals surface area contributed by atoms with Gasteiger partial charge in [0.2, 0.25) is 0 Å². The van der Waals surface area contributed by atoms with E-state index in [4.69, 9.17) is 9.47 Å². The van der Waals surface area contributed by atoms with E-state index in [1.165, 1.54) is 6.92 Å². The lowest BCUT2D eigenvalue weighted by molar-refractivity contribution is -0.147. The maximum Gasteiger partial charge on any atom is 0.306 e. The lowest BCUT2D eigenvalue weighted by Crippen LogP contribution is -2.07. The van der Waals surface area contributed by atoms with Crippen LogP contribution in [0.25, 0.3) is 0 Å². The third-order valence-electron chi connectivity index (χ3n) is 2.57. The minimum absolute atomic E-state index is 0.182. The second-order valence-electron chi connectivity index (χ2n) is 4.33. The standard InChI is InChI=1S/C15H18O6/c1-12(17)20-8-2-3-15(18)21-10-14-6-4-13(5-7-14)9-19-11-16/h4-7,11H,2-3,8-10H2,1H3. The fourth-order valence-corrected chi connectivity index (χ4v) is 1.53. The lowest BCUT2D eigenvalue weighted by atomic mass is 10.1. The third kappa shape index (κ3) is 7.71. The molecule has 0 unspecified atom stereocenters. The van der Waals surface area contributed by atoms with Gasteiger partial charge in [-0.05, 0) is 17.5 Å². The Morgan fingerprint density at radius 1 is 1.05 bits per heavy atom. The Morgan fingerprint density at radius 2 is 1.67 bits per heavy atom. The Hall–Kier alpha value is -2.37. The van der Waals surface area contributed by atoms with Crippen molar-refractivity contribution in [3.05, 3.63) is 35.4 Å². The Bertz CT molecular complexity index is 466. The van der Waals surface area contributed by atoms with E-state index in [-0.39, 0.29) is 38.2 Å². The second-order valence-corrected chi connectivity index (χ2v) is 4.33. The SMILES string of the molecule is CC(=O)OCCCC(=O)OCc1ccc(COC=O)cc1. The Morgan fingerprint density at radius 3 is 2.24 bits per heavy atom. The maximum atomic E-state index is 11.4. The molecule has 6 heteroatoms. The van der Waals surface area contributed by atoms with Crippen molar-refractivity contribution >= 4 is 18.4 Å². The lowest BCUT2D eigenvalue weighted by Gasteiger charge is -2.06. The van der Waals surface area contributed by atoms with Gasteiger partial charge in [-0.3, -0.25) is 14.4 Å². The van der Waals surface area contributed by atoms with E-state index in [9.17, 15) is 14.4 Å². The summed E-state index contributed by atoms with van der Waals surface area (Å²) in [5.74, 6) is -0.697. The van der Waals surface area contributed by atoms with E-state index in [1.807, 2.05) is 0 Å². The summed E-state index contributed by atoms with van der Waals surface area (Å²) in [6, 6.07) is 7.20. The van der Waals surface area contributed by atoms with Crippen molar-refractivity contribution in [2.75, 3.05) is 6.61 Å². The highest BCUT2D eigenvalue weighted by molar-refractivity contribution is 5.69. The van der Waals surface area contributed by atoms with Gasteiger partial charge in [-0.15, -0.1) is 0 Å². The molecule has 0 saturated carbocycles. The number of benzene rings is 1. The molecule has 1 aromatic rings. The summed E-state index contributed by atoms with van der Waals surface area (Å²) in [7, 11) is 0. The molecule has 0 atom stereocenters. The van der Waals surface area contributed by atoms with Gasteiger partial charge in [0.25, 0.3) is 6.47 Å². The molecular formula is C15H18O6. The van der Waals surface area contributed by atoms with Crippen LogP contribution >= 0.6 is 0 Å². The zero-order valence-corrected chi connectivity index (χ0v) is 11.9. The van der Waals surface area contributed by atoms with E-state index < -0.39 is 0 Å². The quantitative estimate of drug-likeness (QED) is 0.299. The zero-order chi connectivity index (χ0) is 15.5. The van der Waals surface area contributed by atoms with Crippen molar-refractivity contribution in [1.29, 1.82) is 0 Å². The molecule has 6 nitrogen and oxygen atoms in total. The van der Waals surface area contributed by atoms with Crippen LogP contribution in [0.3, 0.4) is 0 Å². The average Bonchev–Trinajstić information content (AvgIpc) is 2.48. The van der Waals surface area contributed by atoms with E-state index in [1.54, 1.807) is 24.3 Å². The molecule has 0 fully saturated rings. The molecule has 0 N–H and O–H groups in total. The molecule has 0 radical (unpaired) electrons. The minimum atomic E-state index is -0.359. The first kappa shape index (κ1) is 16.7. The summed E-state index contributed by atoms with van der Waals surface area (Å²) < 4.78 is 14.4. The molecule has 1 aromatic carbocycles. The van der Waals surface area contributed by atoms with E-state index >= 15 is 0 Å². The molecule has 0 aliphatic rings. The Labute approximate surface area is 123 Å². The van der Waals surface area contributed by atoms with Gasteiger partial charge in [-0.2, -0.15) is 0 Å². The van der Waals surface area contributed by atoms with E-state index in [2.05, 4.69) is 4.74 Å². The highest BCUT2D eigenvalue weighted by Gasteiger charge is 2.04. The van der Waals surface area contributed by atoms with Gasteiger partial charge in [-0.1, -0.05) is 24.3 Å². The first-order valence-corrected chi connectivity index (χ1v) is 6.54. The van der Waals surface area contributed by atoms with Gasteiger partial charge in [0, 0.05) is 13.3 Å². The number of ether oxygens (including phenoxy) is 3. The average molecular weight is 294 g/mol. The van der Waals surface area contributed by atoms with E-state index in [0.717, 1.165) is 11.1 Å². The van der Waals surface area contributed by atoms with Crippen LogP contribution in [0.1, 0.15) is 30.9 Å². The van der Waals surface area contributed by atoms with Crippen molar-refractivity contribution in [2.24, 2.45) is 0 Å². The number of rotatable bonds is 9. The number of hydrogen-bond donors (Lipinski definition) is 0. The first-order valence-electron chi connectivity index (χ1n) is 6.54. The molecule has 114 valence electrons.